The van der Waals surface area contributed by atoms with Gasteiger partial charge in [-0.2, -0.15) is 0 Å². The highest BCUT2D eigenvalue weighted by Gasteiger charge is 2.23. The van der Waals surface area contributed by atoms with Gasteiger partial charge in [-0.3, -0.25) is 9.79 Å². The van der Waals surface area contributed by atoms with Crippen molar-refractivity contribution in [3.05, 3.63) is 29.3 Å². The maximum atomic E-state index is 12.3. The number of nitrogens with zero attached hydrogens (tertiary/aromatic N) is 2. The van der Waals surface area contributed by atoms with Crippen molar-refractivity contribution in [2.45, 2.75) is 31.1 Å². The van der Waals surface area contributed by atoms with Gasteiger partial charge in [-0.05, 0) is 43.9 Å². The lowest BCUT2D eigenvalue weighted by atomic mass is 9.95. The average molecular weight is 558 g/mol. The summed E-state index contributed by atoms with van der Waals surface area (Å²) >= 11 is 5.86. The fraction of sp³-hybridized carbons (Fsp3) is 0.556. The van der Waals surface area contributed by atoms with Crippen molar-refractivity contribution in [2.75, 3.05) is 32.7 Å². The fourth-order valence-corrected chi connectivity index (χ4v) is 4.52. The molecule has 8 nitrogen and oxygen atoms in total. The molecule has 11 heteroatoms. The molecule has 164 valence electrons. The third-order valence-corrected chi connectivity index (χ3v) is 6.11. The van der Waals surface area contributed by atoms with Crippen LogP contribution in [0.4, 0.5) is 0 Å². The average Bonchev–Trinajstić information content (AvgIpc) is 2.64. The Labute approximate surface area is 194 Å². The number of likely N-dealkylation sites (tertiary alicyclic amines) is 1. The first-order valence-electron chi connectivity index (χ1n) is 9.38. The zero-order valence-electron chi connectivity index (χ0n) is 16.4. The van der Waals surface area contributed by atoms with Crippen molar-refractivity contribution in [1.29, 1.82) is 0 Å². The van der Waals surface area contributed by atoms with Crippen molar-refractivity contribution in [3.63, 3.8) is 0 Å². The molecule has 1 amide bonds. The molecule has 1 atom stereocenters. The van der Waals surface area contributed by atoms with Gasteiger partial charge in [-0.1, -0.05) is 17.7 Å². The zero-order valence-corrected chi connectivity index (χ0v) is 20.3. The second-order valence-corrected chi connectivity index (χ2v) is 8.92. The van der Waals surface area contributed by atoms with Crippen LogP contribution in [-0.2, 0) is 14.8 Å². The molecule has 29 heavy (non-hydrogen) atoms. The Hall–Kier alpha value is -1.11. The van der Waals surface area contributed by atoms with Gasteiger partial charge in [0.1, 0.15) is 0 Å². The predicted molar refractivity (Wildman–Crippen MR) is 126 cm³/mol. The maximum absolute atomic E-state index is 12.3. The third-order valence-electron chi connectivity index (χ3n) is 4.42. The Morgan fingerprint density at radius 1 is 1.41 bits per heavy atom. The van der Waals surface area contributed by atoms with E-state index < -0.39 is 10.0 Å². The number of hydrogen-bond donors (Lipinski definition) is 3. The predicted octanol–water partition coefficient (Wildman–Crippen LogP) is 1.79. The number of sulfonamides is 1. The van der Waals surface area contributed by atoms with Gasteiger partial charge in [-0.15, -0.1) is 24.0 Å². The lowest BCUT2D eigenvalue weighted by Crippen LogP contribution is -2.47. The van der Waals surface area contributed by atoms with E-state index in [-0.39, 0.29) is 47.2 Å². The minimum atomic E-state index is -3.63. The van der Waals surface area contributed by atoms with E-state index in [1.165, 1.54) is 12.1 Å². The minimum absolute atomic E-state index is 0. The second kappa shape index (κ2) is 12.6. The summed E-state index contributed by atoms with van der Waals surface area (Å²) in [6.45, 7) is 4.69. The van der Waals surface area contributed by atoms with Gasteiger partial charge in [0, 0.05) is 37.6 Å². The number of rotatable bonds is 8. The van der Waals surface area contributed by atoms with Gasteiger partial charge in [-0.25, -0.2) is 13.1 Å². The number of primary amides is 1. The maximum Gasteiger partial charge on any atom is 0.240 e. The molecule has 0 bridgehead atoms. The van der Waals surface area contributed by atoms with E-state index in [0.29, 0.717) is 31.1 Å². The summed E-state index contributed by atoms with van der Waals surface area (Å²) in [6, 6.07) is 6.12. The van der Waals surface area contributed by atoms with Crippen LogP contribution in [0.25, 0.3) is 0 Å². The van der Waals surface area contributed by atoms with E-state index >= 15 is 0 Å². The number of piperidine rings is 1. The van der Waals surface area contributed by atoms with Crippen molar-refractivity contribution >= 4 is 57.5 Å². The number of amides is 1. The Kier molecular flexibility index (Phi) is 11.2. The number of carbonyl (C=O) groups excluding carboxylic acids is 1. The molecular formula is C18H29ClIN5O3S. The van der Waals surface area contributed by atoms with Crippen molar-refractivity contribution in [2.24, 2.45) is 16.6 Å². The fourth-order valence-electron chi connectivity index (χ4n) is 3.19. The van der Waals surface area contributed by atoms with E-state index in [9.17, 15) is 13.2 Å². The quantitative estimate of drug-likeness (QED) is 0.195. The SMILES string of the molecule is CCNC(=NCCNS(=O)(=O)c1cccc(Cl)c1)N1CCCC(CC(N)=O)C1.I. The van der Waals surface area contributed by atoms with Gasteiger partial charge in [0.2, 0.25) is 15.9 Å². The highest BCUT2D eigenvalue weighted by Crippen LogP contribution is 2.19. The van der Waals surface area contributed by atoms with Crippen LogP contribution in [0, 0.1) is 5.92 Å². The van der Waals surface area contributed by atoms with Crippen LogP contribution in [0.15, 0.2) is 34.2 Å². The minimum Gasteiger partial charge on any atom is -0.370 e. The molecule has 2 rings (SSSR count). The van der Waals surface area contributed by atoms with Crippen LogP contribution in [0.3, 0.4) is 0 Å². The zero-order chi connectivity index (χ0) is 20.6. The van der Waals surface area contributed by atoms with E-state index in [1.54, 1.807) is 12.1 Å². The molecular weight excluding hydrogens is 529 g/mol. The summed E-state index contributed by atoms with van der Waals surface area (Å²) < 4.78 is 27.2. The lowest BCUT2D eigenvalue weighted by molar-refractivity contribution is -0.119. The number of nitrogens with two attached hydrogens (primary N) is 1. The summed E-state index contributed by atoms with van der Waals surface area (Å²) in [4.78, 5) is 18.0. The summed E-state index contributed by atoms with van der Waals surface area (Å²) in [5.41, 5.74) is 5.32. The molecule has 1 fully saturated rings. The van der Waals surface area contributed by atoms with E-state index in [2.05, 4.69) is 19.9 Å². The number of carbonyl (C=O) groups is 1. The Balaban J connectivity index is 0.00000420. The molecule has 1 aliphatic heterocycles. The first kappa shape index (κ1) is 25.9. The molecule has 0 aliphatic carbocycles. The van der Waals surface area contributed by atoms with Gasteiger partial charge >= 0.3 is 0 Å². The molecule has 0 aromatic heterocycles. The van der Waals surface area contributed by atoms with E-state index in [1.807, 2.05) is 6.92 Å². The van der Waals surface area contributed by atoms with Crippen LogP contribution in [0.5, 0.6) is 0 Å². The Morgan fingerprint density at radius 2 is 2.17 bits per heavy atom. The third kappa shape index (κ3) is 8.65. The number of halogens is 2. The van der Waals surface area contributed by atoms with Gasteiger partial charge < -0.3 is 16.0 Å². The number of hydrogen-bond acceptors (Lipinski definition) is 4. The topological polar surface area (TPSA) is 117 Å². The summed E-state index contributed by atoms with van der Waals surface area (Å²) in [5, 5.41) is 3.59. The van der Waals surface area contributed by atoms with Crippen molar-refractivity contribution in [1.82, 2.24) is 14.9 Å². The van der Waals surface area contributed by atoms with E-state index in [0.717, 1.165) is 25.3 Å². The molecule has 1 unspecified atom stereocenters. The summed E-state index contributed by atoms with van der Waals surface area (Å²) in [7, 11) is -3.63. The van der Waals surface area contributed by atoms with Gasteiger partial charge in [0.05, 0.1) is 11.4 Å². The highest BCUT2D eigenvalue weighted by molar-refractivity contribution is 14.0. The standard InChI is InChI=1S/C18H28ClN5O3S.HI/c1-2-21-18(24-10-4-5-14(13-24)11-17(20)25)22-8-9-23-28(26,27)16-7-3-6-15(19)12-16;/h3,6-7,12,14,23H,2,4-5,8-11,13H2,1H3,(H2,20,25)(H,21,22);1H. The normalized spacial score (nSPS) is 17.5. The molecule has 1 saturated heterocycles. The molecule has 4 N–H and O–H groups in total. The first-order valence-corrected chi connectivity index (χ1v) is 11.2. The molecule has 0 radical (unpaired) electrons. The molecule has 1 aromatic carbocycles. The molecule has 1 aliphatic rings. The lowest BCUT2D eigenvalue weighted by Gasteiger charge is -2.34. The largest absolute Gasteiger partial charge is 0.370 e. The second-order valence-electron chi connectivity index (χ2n) is 6.72. The monoisotopic (exact) mass is 557 g/mol. The van der Waals surface area contributed by atoms with E-state index in [4.69, 9.17) is 17.3 Å². The molecule has 0 saturated carbocycles. The van der Waals surface area contributed by atoms with Crippen molar-refractivity contribution in [3.8, 4) is 0 Å². The molecule has 1 aromatic rings. The van der Waals surface area contributed by atoms with Crippen LogP contribution >= 0.6 is 35.6 Å². The smallest absolute Gasteiger partial charge is 0.240 e. The van der Waals surface area contributed by atoms with Crippen LogP contribution < -0.4 is 15.8 Å². The van der Waals surface area contributed by atoms with Crippen LogP contribution in [-0.4, -0.2) is 57.9 Å². The van der Waals surface area contributed by atoms with Gasteiger partial charge in [0.15, 0.2) is 5.96 Å². The number of aliphatic imine (C=N–C) groups is 1. The van der Waals surface area contributed by atoms with Crippen LogP contribution in [0.1, 0.15) is 26.2 Å². The van der Waals surface area contributed by atoms with Crippen LogP contribution in [0.2, 0.25) is 5.02 Å². The number of nitrogens with one attached hydrogen (secondary N) is 2. The highest BCUT2D eigenvalue weighted by atomic mass is 127. The number of benzene rings is 1. The Morgan fingerprint density at radius 3 is 2.83 bits per heavy atom. The number of guanidine groups is 1. The summed E-state index contributed by atoms with van der Waals surface area (Å²) in [5.74, 6) is 0.652. The Bertz CT molecular complexity index is 806. The summed E-state index contributed by atoms with van der Waals surface area (Å²) in [6.07, 6.45) is 2.30. The first-order chi connectivity index (χ1) is 13.3. The molecule has 1 heterocycles. The van der Waals surface area contributed by atoms with Gasteiger partial charge in [0.25, 0.3) is 0 Å². The molecule has 0 spiro atoms. The van der Waals surface area contributed by atoms with Crippen molar-refractivity contribution < 1.29 is 13.2 Å².